The summed E-state index contributed by atoms with van der Waals surface area (Å²) in [5, 5.41) is 7.79. The molecule has 0 spiro atoms. The zero-order valence-electron chi connectivity index (χ0n) is 27.6. The van der Waals surface area contributed by atoms with E-state index in [9.17, 15) is 0 Å². The Hall–Kier alpha value is -6.12. The number of hydrogen-bond donors (Lipinski definition) is 0. The van der Waals surface area contributed by atoms with E-state index in [4.69, 9.17) is 0 Å². The van der Waals surface area contributed by atoms with Gasteiger partial charge >= 0.3 is 302 Å². The van der Waals surface area contributed by atoms with E-state index >= 15 is 0 Å². The maximum atomic E-state index is 2.55. The van der Waals surface area contributed by atoms with Crippen molar-refractivity contribution in [2.45, 2.75) is 0 Å². The number of fused-ring (bicyclic) bond motifs is 9. The van der Waals surface area contributed by atoms with Gasteiger partial charge in [0.25, 0.3) is 0 Å². The third-order valence-electron chi connectivity index (χ3n) is 10.5. The van der Waals surface area contributed by atoms with Crippen LogP contribution in [0.3, 0.4) is 0 Å². The van der Waals surface area contributed by atoms with Crippen LogP contribution >= 0.6 is 0 Å². The summed E-state index contributed by atoms with van der Waals surface area (Å²) in [6.45, 7) is 0. The first-order valence-corrected chi connectivity index (χ1v) is 19.1. The SMILES string of the molecule is c1ccc(-c2cccc(-c3cc(-n4c5ccccc5c5ccc(-n6c7ccccc7c7ccccc76)cc54)c4c(c3)[se]c3ccccc34)c2)cc1. The predicted octanol–water partition coefficient (Wildman–Crippen LogP) is 12.6. The van der Waals surface area contributed by atoms with E-state index in [0.29, 0.717) is 0 Å². The molecule has 8 aromatic carbocycles. The molecule has 3 aromatic heterocycles. The molecule has 11 rings (SSSR count). The summed E-state index contributed by atoms with van der Waals surface area (Å²) >= 11 is 0.209. The fourth-order valence-electron chi connectivity index (χ4n) is 8.24. The van der Waals surface area contributed by atoms with Gasteiger partial charge in [0.2, 0.25) is 0 Å². The van der Waals surface area contributed by atoms with Crippen LogP contribution in [-0.2, 0) is 0 Å². The molecule has 3 heterocycles. The van der Waals surface area contributed by atoms with Gasteiger partial charge in [0.15, 0.2) is 0 Å². The van der Waals surface area contributed by atoms with Crippen molar-refractivity contribution in [3.8, 4) is 33.6 Å². The molecule has 0 atom stereocenters. The number of aromatic nitrogens is 2. The first-order valence-electron chi connectivity index (χ1n) is 17.4. The van der Waals surface area contributed by atoms with Crippen LogP contribution in [0.4, 0.5) is 0 Å². The van der Waals surface area contributed by atoms with Crippen molar-refractivity contribution < 1.29 is 0 Å². The summed E-state index contributed by atoms with van der Waals surface area (Å²) < 4.78 is 7.86. The van der Waals surface area contributed by atoms with Crippen LogP contribution in [0.5, 0.6) is 0 Å². The minimum atomic E-state index is 0.209. The molecule has 0 aliphatic rings. The van der Waals surface area contributed by atoms with Crippen LogP contribution in [0.2, 0.25) is 0 Å². The van der Waals surface area contributed by atoms with E-state index in [1.165, 1.54) is 90.8 Å². The van der Waals surface area contributed by atoms with E-state index in [2.05, 4.69) is 191 Å². The Balaban J connectivity index is 1.24. The Morgan fingerprint density at radius 1 is 0.314 bits per heavy atom. The molecule has 0 unspecified atom stereocenters. The first kappa shape index (κ1) is 28.7. The van der Waals surface area contributed by atoms with Crippen molar-refractivity contribution in [2.75, 3.05) is 0 Å². The number of benzene rings is 8. The second kappa shape index (κ2) is 11.2. The molecular formula is C48H30N2Se. The molecule has 238 valence electrons. The van der Waals surface area contributed by atoms with Gasteiger partial charge in [-0.05, 0) is 0 Å². The number of para-hydroxylation sites is 3. The molecule has 0 aliphatic heterocycles. The Labute approximate surface area is 300 Å². The summed E-state index contributed by atoms with van der Waals surface area (Å²) in [6, 6.07) is 67.2. The standard InChI is InChI=1S/C48H30N2Se/c1-2-13-31(14-3-1)32-15-12-16-33(27-32)34-28-45(48-40-20-7-11-24-46(40)51-47(48)29-34)50-43-23-10-6-19-38(43)39-26-25-35(30-44(39)50)49-41-21-8-4-17-36(41)37-18-5-9-22-42(37)49/h1-30H. The minimum absolute atomic E-state index is 0.209. The monoisotopic (exact) mass is 714 g/mol. The Morgan fingerprint density at radius 3 is 1.57 bits per heavy atom. The zero-order chi connectivity index (χ0) is 33.5. The average Bonchev–Trinajstić information content (AvgIpc) is 3.85. The second-order valence-electron chi connectivity index (χ2n) is 13.3. The van der Waals surface area contributed by atoms with Crippen molar-refractivity contribution in [2.24, 2.45) is 0 Å². The topological polar surface area (TPSA) is 9.86 Å². The van der Waals surface area contributed by atoms with Gasteiger partial charge in [0.1, 0.15) is 0 Å². The van der Waals surface area contributed by atoms with Crippen LogP contribution in [0.25, 0.3) is 96.5 Å². The van der Waals surface area contributed by atoms with Crippen molar-refractivity contribution in [3.05, 3.63) is 182 Å². The van der Waals surface area contributed by atoms with Gasteiger partial charge in [-0.2, -0.15) is 0 Å². The quantitative estimate of drug-likeness (QED) is 0.161. The molecule has 2 nitrogen and oxygen atoms in total. The molecule has 0 bridgehead atoms. The van der Waals surface area contributed by atoms with Crippen molar-refractivity contribution >= 4 is 77.4 Å². The summed E-state index contributed by atoms with van der Waals surface area (Å²) in [5.74, 6) is 0. The third kappa shape index (κ3) is 4.36. The molecule has 0 N–H and O–H groups in total. The van der Waals surface area contributed by atoms with Gasteiger partial charge in [-0.3, -0.25) is 0 Å². The molecule has 0 radical (unpaired) electrons. The Bertz CT molecular complexity index is 3090. The molecule has 3 heteroatoms. The number of nitrogens with zero attached hydrogens (tertiary/aromatic N) is 2. The fourth-order valence-corrected chi connectivity index (χ4v) is 10.7. The van der Waals surface area contributed by atoms with E-state index in [1.54, 1.807) is 0 Å². The van der Waals surface area contributed by atoms with Gasteiger partial charge in [0, 0.05) is 0 Å². The molecular weight excluding hydrogens is 684 g/mol. The summed E-state index contributed by atoms with van der Waals surface area (Å²) in [5.41, 5.74) is 12.2. The van der Waals surface area contributed by atoms with E-state index in [0.717, 1.165) is 5.69 Å². The summed E-state index contributed by atoms with van der Waals surface area (Å²) in [6.07, 6.45) is 0. The van der Waals surface area contributed by atoms with Crippen molar-refractivity contribution in [3.63, 3.8) is 0 Å². The summed E-state index contributed by atoms with van der Waals surface area (Å²) in [4.78, 5) is 0. The van der Waals surface area contributed by atoms with E-state index in [-0.39, 0.29) is 14.5 Å². The van der Waals surface area contributed by atoms with Crippen LogP contribution in [0.1, 0.15) is 0 Å². The van der Waals surface area contributed by atoms with Crippen LogP contribution < -0.4 is 0 Å². The first-order chi connectivity index (χ1) is 25.3. The summed E-state index contributed by atoms with van der Waals surface area (Å²) in [7, 11) is 0. The second-order valence-corrected chi connectivity index (χ2v) is 15.6. The molecule has 11 aromatic rings. The van der Waals surface area contributed by atoms with Gasteiger partial charge in [-0.15, -0.1) is 0 Å². The Kier molecular flexibility index (Phi) is 6.30. The zero-order valence-corrected chi connectivity index (χ0v) is 29.3. The fraction of sp³-hybridized carbons (Fsp3) is 0. The van der Waals surface area contributed by atoms with Crippen molar-refractivity contribution in [1.82, 2.24) is 9.13 Å². The molecule has 0 fully saturated rings. The molecule has 0 saturated carbocycles. The van der Waals surface area contributed by atoms with Gasteiger partial charge < -0.3 is 0 Å². The number of hydrogen-bond acceptors (Lipinski definition) is 0. The van der Waals surface area contributed by atoms with Gasteiger partial charge in [-0.1, -0.05) is 0 Å². The van der Waals surface area contributed by atoms with Crippen LogP contribution in [0, 0.1) is 0 Å². The molecule has 0 amide bonds. The van der Waals surface area contributed by atoms with E-state index < -0.39 is 0 Å². The van der Waals surface area contributed by atoms with Crippen LogP contribution in [-0.4, -0.2) is 23.6 Å². The van der Waals surface area contributed by atoms with Gasteiger partial charge in [0.05, 0.1) is 0 Å². The van der Waals surface area contributed by atoms with Gasteiger partial charge in [-0.25, -0.2) is 0 Å². The average molecular weight is 714 g/mol. The number of rotatable bonds is 4. The molecule has 51 heavy (non-hydrogen) atoms. The maximum absolute atomic E-state index is 2.55. The third-order valence-corrected chi connectivity index (χ3v) is 12.8. The van der Waals surface area contributed by atoms with E-state index in [1.807, 2.05) is 0 Å². The normalized spacial score (nSPS) is 11.9. The van der Waals surface area contributed by atoms with Crippen LogP contribution in [0.15, 0.2) is 182 Å². The Morgan fingerprint density at radius 2 is 0.863 bits per heavy atom. The van der Waals surface area contributed by atoms with Crippen molar-refractivity contribution in [1.29, 1.82) is 0 Å². The predicted molar refractivity (Wildman–Crippen MR) is 218 cm³/mol. The molecule has 0 saturated heterocycles. The molecule has 0 aliphatic carbocycles.